The average Bonchev–Trinajstić information content (AvgIpc) is 2.67. The Labute approximate surface area is 113 Å². The zero-order valence-electron chi connectivity index (χ0n) is 10.4. The smallest absolute Gasteiger partial charge is 0.307 e. The van der Waals surface area contributed by atoms with E-state index in [1.165, 1.54) is 4.57 Å². The molecule has 19 heavy (non-hydrogen) atoms. The fourth-order valence-corrected chi connectivity index (χ4v) is 2.48. The topological polar surface area (TPSA) is 74.9 Å². The number of anilines is 1. The molecule has 1 amide bonds. The summed E-state index contributed by atoms with van der Waals surface area (Å²) in [6.07, 6.45) is 0. The minimum atomic E-state index is -0.372. The van der Waals surface area contributed by atoms with E-state index >= 15 is 0 Å². The Morgan fingerprint density at radius 2 is 2.11 bits per heavy atom. The molecule has 1 aromatic heterocycles. The molecule has 0 radical (unpaired) electrons. The summed E-state index contributed by atoms with van der Waals surface area (Å²) in [7, 11) is 1.62. The standard InChI is InChI=1S/C13H11N3O2S/c1-8-11(19-13(18)16(8)2)12(17)15-10-6-4-3-5-9(10)7-14/h3-6H,1-2H3,(H,15,17). The number of amides is 1. The summed E-state index contributed by atoms with van der Waals surface area (Å²) >= 11 is 0.894. The number of nitrogens with one attached hydrogen (secondary N) is 1. The minimum Gasteiger partial charge on any atom is -0.320 e. The van der Waals surface area contributed by atoms with Crippen LogP contribution in [0.25, 0.3) is 0 Å². The number of aromatic nitrogens is 1. The number of carbonyl (C=O) groups excluding carboxylic acids is 1. The van der Waals surface area contributed by atoms with Gasteiger partial charge in [-0.3, -0.25) is 9.59 Å². The first-order valence-electron chi connectivity index (χ1n) is 5.51. The molecule has 1 heterocycles. The van der Waals surface area contributed by atoms with Gasteiger partial charge in [-0.1, -0.05) is 23.5 Å². The molecule has 96 valence electrons. The van der Waals surface area contributed by atoms with E-state index in [0.717, 1.165) is 11.3 Å². The predicted octanol–water partition coefficient (Wildman–Crippen LogP) is 1.88. The molecule has 0 bridgehead atoms. The lowest BCUT2D eigenvalue weighted by Crippen LogP contribution is -2.13. The quantitative estimate of drug-likeness (QED) is 0.907. The summed E-state index contributed by atoms with van der Waals surface area (Å²) in [5.41, 5.74) is 1.44. The van der Waals surface area contributed by atoms with Crippen molar-refractivity contribution in [2.24, 2.45) is 7.05 Å². The molecule has 5 nitrogen and oxygen atoms in total. The van der Waals surface area contributed by atoms with E-state index in [1.54, 1.807) is 38.2 Å². The second-order valence-electron chi connectivity index (χ2n) is 3.95. The molecule has 0 saturated heterocycles. The van der Waals surface area contributed by atoms with Gasteiger partial charge in [0.25, 0.3) is 5.91 Å². The zero-order chi connectivity index (χ0) is 14.0. The van der Waals surface area contributed by atoms with Gasteiger partial charge in [0, 0.05) is 12.7 Å². The van der Waals surface area contributed by atoms with E-state index in [-0.39, 0.29) is 10.8 Å². The van der Waals surface area contributed by atoms with Crippen LogP contribution in [0.15, 0.2) is 29.1 Å². The SMILES string of the molecule is Cc1c(C(=O)Nc2ccccc2C#N)sc(=O)n1C. The lowest BCUT2D eigenvalue weighted by molar-refractivity contribution is 0.102. The van der Waals surface area contributed by atoms with Crippen molar-refractivity contribution in [3.63, 3.8) is 0 Å². The molecule has 0 spiro atoms. The molecule has 0 aliphatic heterocycles. The maximum atomic E-state index is 12.1. The maximum absolute atomic E-state index is 12.1. The van der Waals surface area contributed by atoms with E-state index < -0.39 is 0 Å². The van der Waals surface area contributed by atoms with Crippen LogP contribution in [0.1, 0.15) is 20.9 Å². The van der Waals surface area contributed by atoms with Crippen LogP contribution in [0, 0.1) is 18.3 Å². The molecule has 0 aliphatic carbocycles. The van der Waals surface area contributed by atoms with Gasteiger partial charge in [-0.15, -0.1) is 0 Å². The van der Waals surface area contributed by atoms with Crippen LogP contribution in [0.2, 0.25) is 0 Å². The van der Waals surface area contributed by atoms with E-state index in [2.05, 4.69) is 5.32 Å². The summed E-state index contributed by atoms with van der Waals surface area (Å²) in [5.74, 6) is -0.372. The van der Waals surface area contributed by atoms with E-state index in [4.69, 9.17) is 5.26 Å². The van der Waals surface area contributed by atoms with Crippen molar-refractivity contribution >= 4 is 22.9 Å². The van der Waals surface area contributed by atoms with Crippen LogP contribution in [0.4, 0.5) is 5.69 Å². The van der Waals surface area contributed by atoms with Gasteiger partial charge in [-0.25, -0.2) is 0 Å². The van der Waals surface area contributed by atoms with Crippen molar-refractivity contribution < 1.29 is 4.79 Å². The fraction of sp³-hybridized carbons (Fsp3) is 0.154. The second-order valence-corrected chi connectivity index (χ2v) is 4.91. The Morgan fingerprint density at radius 1 is 1.42 bits per heavy atom. The van der Waals surface area contributed by atoms with E-state index in [9.17, 15) is 9.59 Å². The molecule has 2 rings (SSSR count). The number of benzene rings is 1. The Morgan fingerprint density at radius 3 is 2.68 bits per heavy atom. The average molecular weight is 273 g/mol. The molecule has 0 fully saturated rings. The maximum Gasteiger partial charge on any atom is 0.307 e. The molecule has 2 aromatic rings. The largest absolute Gasteiger partial charge is 0.320 e. The third-order valence-electron chi connectivity index (χ3n) is 2.80. The van der Waals surface area contributed by atoms with Crippen molar-refractivity contribution in [2.45, 2.75) is 6.92 Å². The number of carbonyl (C=O) groups is 1. The van der Waals surface area contributed by atoms with Gasteiger partial charge in [0.05, 0.1) is 11.3 Å². The monoisotopic (exact) mass is 273 g/mol. The van der Waals surface area contributed by atoms with Crippen LogP contribution >= 0.6 is 11.3 Å². The molecular weight excluding hydrogens is 262 g/mol. The van der Waals surface area contributed by atoms with Crippen molar-refractivity contribution in [1.82, 2.24) is 4.57 Å². The highest BCUT2D eigenvalue weighted by molar-refractivity contribution is 7.11. The predicted molar refractivity (Wildman–Crippen MR) is 73.4 cm³/mol. The number of para-hydroxylation sites is 1. The number of nitriles is 1. The Kier molecular flexibility index (Phi) is 3.49. The van der Waals surface area contributed by atoms with Crippen LogP contribution in [0.3, 0.4) is 0 Å². The summed E-state index contributed by atoms with van der Waals surface area (Å²) < 4.78 is 1.43. The molecule has 0 atom stereocenters. The molecule has 1 aromatic carbocycles. The summed E-state index contributed by atoms with van der Waals surface area (Å²) in [4.78, 5) is 23.8. The molecule has 0 unspecified atom stereocenters. The van der Waals surface area contributed by atoms with Crippen LogP contribution in [-0.2, 0) is 7.05 Å². The van der Waals surface area contributed by atoms with Crippen LogP contribution in [0.5, 0.6) is 0 Å². The first-order valence-corrected chi connectivity index (χ1v) is 6.33. The summed E-state index contributed by atoms with van der Waals surface area (Å²) in [6.45, 7) is 1.71. The highest BCUT2D eigenvalue weighted by Crippen LogP contribution is 2.17. The zero-order valence-corrected chi connectivity index (χ0v) is 11.2. The van der Waals surface area contributed by atoms with Gasteiger partial charge in [0.1, 0.15) is 10.9 Å². The molecule has 0 saturated carbocycles. The highest BCUT2D eigenvalue weighted by atomic mass is 32.1. The Hall–Kier alpha value is -2.39. The molecular formula is C13H11N3O2S. The normalized spacial score (nSPS) is 9.95. The van der Waals surface area contributed by atoms with Gasteiger partial charge in [0.15, 0.2) is 0 Å². The molecule has 6 heteroatoms. The fourth-order valence-electron chi connectivity index (χ4n) is 1.60. The third-order valence-corrected chi connectivity index (χ3v) is 3.93. The number of hydrogen-bond donors (Lipinski definition) is 1. The van der Waals surface area contributed by atoms with Gasteiger partial charge in [-0.2, -0.15) is 5.26 Å². The lowest BCUT2D eigenvalue weighted by Gasteiger charge is -2.06. The van der Waals surface area contributed by atoms with Gasteiger partial charge >= 0.3 is 4.87 Å². The number of thiazole rings is 1. The lowest BCUT2D eigenvalue weighted by atomic mass is 10.2. The minimum absolute atomic E-state index is 0.184. The van der Waals surface area contributed by atoms with Crippen molar-refractivity contribution in [1.29, 1.82) is 5.26 Å². The van der Waals surface area contributed by atoms with Gasteiger partial charge < -0.3 is 9.88 Å². The molecule has 0 aliphatic rings. The summed E-state index contributed by atoms with van der Waals surface area (Å²) in [6, 6.07) is 8.73. The molecule has 1 N–H and O–H groups in total. The van der Waals surface area contributed by atoms with Crippen LogP contribution < -0.4 is 10.2 Å². The first-order chi connectivity index (χ1) is 9.04. The van der Waals surface area contributed by atoms with E-state index in [1.807, 2.05) is 6.07 Å². The van der Waals surface area contributed by atoms with Crippen molar-refractivity contribution in [3.8, 4) is 6.07 Å². The number of rotatable bonds is 2. The van der Waals surface area contributed by atoms with Gasteiger partial charge in [-0.05, 0) is 19.1 Å². The third kappa shape index (κ3) is 2.41. The van der Waals surface area contributed by atoms with Crippen molar-refractivity contribution in [3.05, 3.63) is 50.1 Å². The Bertz CT molecular complexity index is 737. The van der Waals surface area contributed by atoms with Crippen molar-refractivity contribution in [2.75, 3.05) is 5.32 Å². The number of nitrogens with zero attached hydrogens (tertiary/aromatic N) is 2. The second kappa shape index (κ2) is 5.08. The van der Waals surface area contributed by atoms with Gasteiger partial charge in [0.2, 0.25) is 0 Å². The highest BCUT2D eigenvalue weighted by Gasteiger charge is 2.16. The Balaban J connectivity index is 2.34. The van der Waals surface area contributed by atoms with Crippen LogP contribution in [-0.4, -0.2) is 10.5 Å². The number of hydrogen-bond acceptors (Lipinski definition) is 4. The first kappa shape index (κ1) is 13.1. The summed E-state index contributed by atoms with van der Waals surface area (Å²) in [5, 5.41) is 11.6. The van der Waals surface area contributed by atoms with E-state index in [0.29, 0.717) is 21.8 Å².